The lowest BCUT2D eigenvalue weighted by Crippen LogP contribution is -2.32. The molecule has 1 unspecified atom stereocenters. The van der Waals surface area contributed by atoms with Gasteiger partial charge in [0.05, 0.1) is 24.2 Å². The second-order valence-electron chi connectivity index (χ2n) is 5.44. The molecule has 1 N–H and O–H groups in total. The highest BCUT2D eigenvalue weighted by molar-refractivity contribution is 7.78. The number of hydrogen-bond donors (Lipinski definition) is 1. The lowest BCUT2D eigenvalue weighted by molar-refractivity contribution is 0.238. The first kappa shape index (κ1) is 15.4. The average Bonchev–Trinajstić information content (AvgIpc) is 2.02. The van der Waals surface area contributed by atoms with Crippen LogP contribution in [0.25, 0.3) is 0 Å². The van der Waals surface area contributed by atoms with Crippen molar-refractivity contribution in [2.24, 2.45) is 0 Å². The van der Waals surface area contributed by atoms with Crippen molar-refractivity contribution >= 4 is 7.26 Å². The summed E-state index contributed by atoms with van der Waals surface area (Å²) in [5.74, 6) is -0.0532. The smallest absolute Gasteiger partial charge is 0.164 e. The summed E-state index contributed by atoms with van der Waals surface area (Å²) in [6.45, 7) is 16.0. The summed E-state index contributed by atoms with van der Waals surface area (Å²) < 4.78 is 0. The van der Waals surface area contributed by atoms with Crippen LogP contribution in [0.2, 0.25) is 0 Å². The quantitative estimate of drug-likeness (QED) is 0.676. The van der Waals surface area contributed by atoms with Gasteiger partial charge in [-0.3, -0.25) is 0 Å². The molecule has 1 atom stereocenters. The molecule has 0 fully saturated rings. The summed E-state index contributed by atoms with van der Waals surface area (Å²) in [7, 11) is -1.26. The van der Waals surface area contributed by atoms with Crippen LogP contribution in [-0.4, -0.2) is 27.9 Å². The molecule has 2 heteroatoms. The SMILES string of the molecule is CCCC(O)[P+](C(C)C)(C(C)C)C(C)C. The van der Waals surface area contributed by atoms with E-state index < -0.39 is 7.26 Å². The Balaban J connectivity index is 5.12. The Kier molecular flexibility index (Phi) is 6.37. The zero-order chi connectivity index (χ0) is 12.2. The van der Waals surface area contributed by atoms with Crippen LogP contribution in [0, 0.1) is 0 Å². The molecule has 0 saturated heterocycles. The Morgan fingerprint density at radius 1 is 0.867 bits per heavy atom. The van der Waals surface area contributed by atoms with E-state index in [1.54, 1.807) is 0 Å². The second kappa shape index (κ2) is 6.21. The molecule has 15 heavy (non-hydrogen) atoms. The lowest BCUT2D eigenvalue weighted by Gasteiger charge is -2.41. The Morgan fingerprint density at radius 3 is 1.40 bits per heavy atom. The standard InChI is InChI=1S/C13H30OP/c1-8-9-13(14)15(10(2)3,11(4)5)12(6)7/h10-14H,8-9H2,1-7H3/q+1. The van der Waals surface area contributed by atoms with E-state index in [4.69, 9.17) is 0 Å². The molecule has 1 nitrogen and oxygen atoms in total. The third-order valence-electron chi connectivity index (χ3n) is 3.75. The first-order valence-corrected chi connectivity index (χ1v) is 8.44. The van der Waals surface area contributed by atoms with Crippen LogP contribution in [0.5, 0.6) is 0 Å². The normalized spacial score (nSPS) is 15.4. The molecular weight excluding hydrogens is 203 g/mol. The Morgan fingerprint density at radius 2 is 1.20 bits per heavy atom. The molecule has 0 radical (unpaired) electrons. The van der Waals surface area contributed by atoms with Crippen LogP contribution in [0.1, 0.15) is 61.3 Å². The zero-order valence-corrected chi connectivity index (χ0v) is 12.5. The number of rotatable bonds is 6. The van der Waals surface area contributed by atoms with Gasteiger partial charge in [-0.1, -0.05) is 13.3 Å². The molecule has 0 saturated carbocycles. The van der Waals surface area contributed by atoms with Gasteiger partial charge < -0.3 is 5.11 Å². The van der Waals surface area contributed by atoms with Crippen molar-refractivity contribution in [1.29, 1.82) is 0 Å². The minimum Gasteiger partial charge on any atom is -0.359 e. The van der Waals surface area contributed by atoms with Crippen molar-refractivity contribution in [3.05, 3.63) is 0 Å². The minimum absolute atomic E-state index is 0.0532. The van der Waals surface area contributed by atoms with Crippen LogP contribution in [0.15, 0.2) is 0 Å². The maximum absolute atomic E-state index is 10.5. The Labute approximate surface area is 97.0 Å². The molecule has 0 aromatic rings. The van der Waals surface area contributed by atoms with Crippen LogP contribution in [-0.2, 0) is 0 Å². The van der Waals surface area contributed by atoms with E-state index in [0.717, 1.165) is 12.8 Å². The summed E-state index contributed by atoms with van der Waals surface area (Å²) in [6.07, 6.45) is 2.07. The van der Waals surface area contributed by atoms with E-state index in [0.29, 0.717) is 17.0 Å². The monoisotopic (exact) mass is 233 g/mol. The molecule has 0 rings (SSSR count). The van der Waals surface area contributed by atoms with Gasteiger partial charge in [0.1, 0.15) is 0 Å². The summed E-state index contributed by atoms with van der Waals surface area (Å²) in [5, 5.41) is 10.5. The highest BCUT2D eigenvalue weighted by atomic mass is 31.2. The predicted octanol–water partition coefficient (Wildman–Crippen LogP) is 4.35. The van der Waals surface area contributed by atoms with Gasteiger partial charge in [-0.2, -0.15) is 0 Å². The van der Waals surface area contributed by atoms with Crippen molar-refractivity contribution < 1.29 is 5.11 Å². The third-order valence-corrected chi connectivity index (χ3v) is 10.4. The van der Waals surface area contributed by atoms with Crippen LogP contribution >= 0.6 is 7.26 Å². The van der Waals surface area contributed by atoms with Gasteiger partial charge in [-0.15, -0.1) is 0 Å². The first-order chi connectivity index (χ1) is 6.81. The molecule has 0 bridgehead atoms. The van der Waals surface area contributed by atoms with Gasteiger partial charge in [0.25, 0.3) is 0 Å². The summed E-state index contributed by atoms with van der Waals surface area (Å²) in [6, 6.07) is 0. The molecule has 0 spiro atoms. The van der Waals surface area contributed by atoms with Crippen molar-refractivity contribution in [2.45, 2.75) is 84.1 Å². The molecule has 0 aromatic heterocycles. The summed E-state index contributed by atoms with van der Waals surface area (Å²) in [5.41, 5.74) is 1.91. The minimum atomic E-state index is -1.26. The number of aliphatic hydroxyl groups is 1. The van der Waals surface area contributed by atoms with E-state index >= 15 is 0 Å². The van der Waals surface area contributed by atoms with Gasteiger partial charge in [0.2, 0.25) is 0 Å². The molecule has 0 aliphatic carbocycles. The molecule has 0 heterocycles. The second-order valence-corrected chi connectivity index (χ2v) is 10.9. The largest absolute Gasteiger partial charge is 0.359 e. The highest BCUT2D eigenvalue weighted by Crippen LogP contribution is 2.73. The van der Waals surface area contributed by atoms with E-state index in [2.05, 4.69) is 48.5 Å². The average molecular weight is 233 g/mol. The predicted molar refractivity (Wildman–Crippen MR) is 73.2 cm³/mol. The van der Waals surface area contributed by atoms with E-state index in [1.165, 1.54) is 0 Å². The number of hydrogen-bond acceptors (Lipinski definition) is 1. The fraction of sp³-hybridized carbons (Fsp3) is 1.00. The van der Waals surface area contributed by atoms with E-state index in [-0.39, 0.29) is 5.85 Å². The van der Waals surface area contributed by atoms with Crippen molar-refractivity contribution in [2.75, 3.05) is 0 Å². The van der Waals surface area contributed by atoms with Crippen LogP contribution in [0.4, 0.5) is 0 Å². The molecular formula is C13H30OP+. The topological polar surface area (TPSA) is 20.2 Å². The Bertz CT molecular complexity index is 154. The fourth-order valence-corrected chi connectivity index (χ4v) is 9.65. The van der Waals surface area contributed by atoms with Gasteiger partial charge in [0.15, 0.2) is 5.85 Å². The zero-order valence-electron chi connectivity index (χ0n) is 11.6. The maximum atomic E-state index is 10.5. The van der Waals surface area contributed by atoms with Crippen molar-refractivity contribution in [3.8, 4) is 0 Å². The van der Waals surface area contributed by atoms with Gasteiger partial charge >= 0.3 is 0 Å². The van der Waals surface area contributed by atoms with E-state index in [9.17, 15) is 5.11 Å². The summed E-state index contributed by atoms with van der Waals surface area (Å²) >= 11 is 0. The van der Waals surface area contributed by atoms with Crippen molar-refractivity contribution in [1.82, 2.24) is 0 Å². The van der Waals surface area contributed by atoms with Gasteiger partial charge in [-0.25, -0.2) is 0 Å². The Hall–Kier alpha value is 0.390. The molecule has 0 aromatic carbocycles. The fourth-order valence-electron chi connectivity index (χ4n) is 3.30. The molecule has 0 aliphatic rings. The van der Waals surface area contributed by atoms with Crippen LogP contribution in [0.3, 0.4) is 0 Å². The first-order valence-electron chi connectivity index (χ1n) is 6.37. The maximum Gasteiger partial charge on any atom is 0.164 e. The number of aliphatic hydroxyl groups excluding tert-OH is 1. The third kappa shape index (κ3) is 2.94. The van der Waals surface area contributed by atoms with Crippen LogP contribution < -0.4 is 0 Å². The molecule has 0 amide bonds. The molecule has 0 aliphatic heterocycles. The van der Waals surface area contributed by atoms with Gasteiger partial charge in [-0.05, 0) is 41.5 Å². The highest BCUT2D eigenvalue weighted by Gasteiger charge is 2.52. The van der Waals surface area contributed by atoms with E-state index in [1.807, 2.05) is 0 Å². The summed E-state index contributed by atoms with van der Waals surface area (Å²) in [4.78, 5) is 0. The van der Waals surface area contributed by atoms with Crippen molar-refractivity contribution in [3.63, 3.8) is 0 Å². The lowest BCUT2D eigenvalue weighted by atomic mass is 10.4. The molecule has 92 valence electrons. The van der Waals surface area contributed by atoms with Gasteiger partial charge in [0, 0.05) is 6.42 Å².